The molecule has 0 aliphatic rings. The Labute approximate surface area is 181 Å². The fourth-order valence-electron chi connectivity index (χ4n) is 3.35. The lowest BCUT2D eigenvalue weighted by Crippen LogP contribution is -2.11. The van der Waals surface area contributed by atoms with E-state index in [0.29, 0.717) is 24.3 Å². The fourth-order valence-corrected chi connectivity index (χ4v) is 3.35. The van der Waals surface area contributed by atoms with Crippen molar-refractivity contribution < 1.29 is 14.2 Å². The van der Waals surface area contributed by atoms with Gasteiger partial charge < -0.3 is 9.36 Å². The minimum absolute atomic E-state index is 0.286. The molecule has 1 aromatic heterocycles. The highest BCUT2D eigenvalue weighted by molar-refractivity contribution is 5.97. The van der Waals surface area contributed by atoms with E-state index in [9.17, 15) is 4.79 Å². The quantitative estimate of drug-likeness (QED) is 0.224. The van der Waals surface area contributed by atoms with Gasteiger partial charge in [0.25, 0.3) is 0 Å². The second-order valence-corrected chi connectivity index (χ2v) is 7.19. The Bertz CT molecular complexity index is 1120. The summed E-state index contributed by atoms with van der Waals surface area (Å²) in [5, 5.41) is 8.29. The molecule has 3 aromatic carbocycles. The van der Waals surface area contributed by atoms with E-state index in [2.05, 4.69) is 10.3 Å². The number of oxime groups is 1. The predicted molar refractivity (Wildman–Crippen MR) is 120 cm³/mol. The molecule has 0 saturated carbocycles. The molecule has 0 bridgehead atoms. The largest absolute Gasteiger partial charge is 0.371 e. The summed E-state index contributed by atoms with van der Waals surface area (Å²) in [6.45, 7) is 1.69. The van der Waals surface area contributed by atoms with E-state index in [1.807, 2.05) is 91.0 Å². The van der Waals surface area contributed by atoms with Crippen LogP contribution in [0.15, 0.2) is 101 Å². The van der Waals surface area contributed by atoms with Gasteiger partial charge in [-0.05, 0) is 18.1 Å². The Morgan fingerprint density at radius 1 is 0.839 bits per heavy atom. The van der Waals surface area contributed by atoms with Gasteiger partial charge in [-0.3, -0.25) is 0 Å². The number of carbonyl (C=O) groups is 1. The van der Waals surface area contributed by atoms with Crippen LogP contribution >= 0.6 is 0 Å². The van der Waals surface area contributed by atoms with E-state index in [1.165, 1.54) is 0 Å². The number of hydrogen-bond acceptors (Lipinski definition) is 5. The standard InChI is InChI=1S/C26H22N2O3/c1-19-24(25(28-30-19)22-15-9-4-10-16-22)26(29)31-27-23(17-20-11-5-2-6-12-20)18-21-13-7-3-8-14-21/h2-16H,17-18H2,1H3. The van der Waals surface area contributed by atoms with E-state index in [4.69, 9.17) is 9.36 Å². The maximum Gasteiger partial charge on any atom is 0.371 e. The van der Waals surface area contributed by atoms with Crippen LogP contribution in [0.1, 0.15) is 27.2 Å². The number of carbonyl (C=O) groups excluding carboxylic acids is 1. The van der Waals surface area contributed by atoms with E-state index in [0.717, 1.165) is 22.4 Å². The van der Waals surface area contributed by atoms with Crippen molar-refractivity contribution >= 4 is 11.7 Å². The van der Waals surface area contributed by atoms with Crippen LogP contribution in [0.25, 0.3) is 11.3 Å². The zero-order chi connectivity index (χ0) is 21.5. The monoisotopic (exact) mass is 410 g/mol. The molecule has 0 atom stereocenters. The van der Waals surface area contributed by atoms with Crippen molar-refractivity contribution in [1.29, 1.82) is 0 Å². The average molecular weight is 410 g/mol. The summed E-state index contributed by atoms with van der Waals surface area (Å²) in [7, 11) is 0. The summed E-state index contributed by atoms with van der Waals surface area (Å²) >= 11 is 0. The van der Waals surface area contributed by atoms with E-state index in [1.54, 1.807) is 6.92 Å². The van der Waals surface area contributed by atoms with Gasteiger partial charge in [-0.2, -0.15) is 0 Å². The number of aryl methyl sites for hydroxylation is 1. The Kier molecular flexibility index (Phi) is 6.33. The van der Waals surface area contributed by atoms with Crippen LogP contribution in [0.3, 0.4) is 0 Å². The fraction of sp³-hybridized carbons (Fsp3) is 0.115. The molecule has 154 valence electrons. The minimum Gasteiger partial charge on any atom is -0.360 e. The third-order valence-corrected chi connectivity index (χ3v) is 4.87. The predicted octanol–water partition coefficient (Wildman–Crippen LogP) is 5.65. The third kappa shape index (κ3) is 5.14. The van der Waals surface area contributed by atoms with E-state index in [-0.39, 0.29) is 5.56 Å². The highest BCUT2D eigenvalue weighted by atomic mass is 16.7. The van der Waals surface area contributed by atoms with E-state index < -0.39 is 5.97 Å². The van der Waals surface area contributed by atoms with Gasteiger partial charge in [-0.25, -0.2) is 4.79 Å². The third-order valence-electron chi connectivity index (χ3n) is 4.87. The lowest BCUT2D eigenvalue weighted by Gasteiger charge is -2.07. The van der Waals surface area contributed by atoms with Gasteiger partial charge in [0.15, 0.2) is 0 Å². The maximum absolute atomic E-state index is 12.9. The molecule has 0 amide bonds. The first kappa shape index (κ1) is 20.3. The highest BCUT2D eigenvalue weighted by Crippen LogP contribution is 2.25. The average Bonchev–Trinajstić information content (AvgIpc) is 3.21. The van der Waals surface area contributed by atoms with Crippen LogP contribution in [-0.4, -0.2) is 16.8 Å². The second kappa shape index (κ2) is 9.67. The van der Waals surface area contributed by atoms with Gasteiger partial charge >= 0.3 is 5.97 Å². The molecule has 31 heavy (non-hydrogen) atoms. The molecular formula is C26H22N2O3. The first-order chi connectivity index (χ1) is 15.2. The lowest BCUT2D eigenvalue weighted by molar-refractivity contribution is 0.0513. The van der Waals surface area contributed by atoms with Gasteiger partial charge in [0.2, 0.25) is 0 Å². The SMILES string of the molecule is Cc1onc(-c2ccccc2)c1C(=O)ON=C(Cc1ccccc1)Cc1ccccc1. The van der Waals surface area contributed by atoms with Crippen molar-refractivity contribution in [2.75, 3.05) is 0 Å². The van der Waals surface area contributed by atoms with Crippen LogP contribution in [0.4, 0.5) is 0 Å². The lowest BCUT2D eigenvalue weighted by atomic mass is 10.0. The van der Waals surface area contributed by atoms with Crippen LogP contribution in [0.5, 0.6) is 0 Å². The normalized spacial score (nSPS) is 10.5. The van der Waals surface area contributed by atoms with Gasteiger partial charge in [0.1, 0.15) is 17.0 Å². The first-order valence-corrected chi connectivity index (χ1v) is 10.1. The molecule has 0 N–H and O–H groups in total. The minimum atomic E-state index is -0.587. The molecule has 1 heterocycles. The van der Waals surface area contributed by atoms with Gasteiger partial charge in [-0.15, -0.1) is 0 Å². The van der Waals surface area contributed by atoms with Crippen LogP contribution in [0, 0.1) is 6.92 Å². The van der Waals surface area contributed by atoms with Crippen LogP contribution < -0.4 is 0 Å². The Hall–Kier alpha value is -3.99. The number of nitrogens with zero attached hydrogens (tertiary/aromatic N) is 2. The van der Waals surface area contributed by atoms with Crippen molar-refractivity contribution in [3.8, 4) is 11.3 Å². The van der Waals surface area contributed by atoms with Crippen molar-refractivity contribution in [3.05, 3.63) is 113 Å². The molecule has 0 unspecified atom stereocenters. The molecule has 5 nitrogen and oxygen atoms in total. The number of benzene rings is 3. The summed E-state index contributed by atoms with van der Waals surface area (Å²) < 4.78 is 5.27. The summed E-state index contributed by atoms with van der Waals surface area (Å²) in [6, 6.07) is 29.4. The molecule has 4 rings (SSSR count). The second-order valence-electron chi connectivity index (χ2n) is 7.19. The summed E-state index contributed by atoms with van der Waals surface area (Å²) in [6.07, 6.45) is 1.16. The molecule has 0 aliphatic heterocycles. The molecule has 0 saturated heterocycles. The molecule has 0 aliphatic carbocycles. The smallest absolute Gasteiger partial charge is 0.360 e. The molecule has 5 heteroatoms. The number of aromatic nitrogens is 1. The van der Waals surface area contributed by atoms with Gasteiger partial charge in [0, 0.05) is 18.4 Å². The number of rotatable bonds is 7. The highest BCUT2D eigenvalue weighted by Gasteiger charge is 2.23. The Morgan fingerprint density at radius 3 is 1.90 bits per heavy atom. The van der Waals surface area contributed by atoms with E-state index >= 15 is 0 Å². The molecule has 0 spiro atoms. The van der Waals surface area contributed by atoms with Gasteiger partial charge in [0.05, 0.1) is 5.71 Å². The zero-order valence-corrected chi connectivity index (χ0v) is 17.2. The molecule has 0 radical (unpaired) electrons. The zero-order valence-electron chi connectivity index (χ0n) is 17.2. The Balaban J connectivity index is 1.58. The summed E-state index contributed by atoms with van der Waals surface area (Å²) in [5.41, 5.74) is 4.46. The van der Waals surface area contributed by atoms with Crippen molar-refractivity contribution in [3.63, 3.8) is 0 Å². The number of hydrogen-bond donors (Lipinski definition) is 0. The maximum atomic E-state index is 12.9. The molecular weight excluding hydrogens is 388 g/mol. The first-order valence-electron chi connectivity index (χ1n) is 10.1. The van der Waals surface area contributed by atoms with Gasteiger partial charge in [-0.1, -0.05) is 101 Å². The van der Waals surface area contributed by atoms with Crippen molar-refractivity contribution in [2.45, 2.75) is 19.8 Å². The van der Waals surface area contributed by atoms with Crippen LogP contribution in [0.2, 0.25) is 0 Å². The van der Waals surface area contributed by atoms with Crippen molar-refractivity contribution in [1.82, 2.24) is 5.16 Å². The summed E-state index contributed by atoms with van der Waals surface area (Å²) in [4.78, 5) is 18.3. The summed E-state index contributed by atoms with van der Waals surface area (Å²) in [5.74, 6) is -0.192. The Morgan fingerprint density at radius 2 is 1.35 bits per heavy atom. The van der Waals surface area contributed by atoms with Crippen molar-refractivity contribution in [2.24, 2.45) is 5.16 Å². The molecule has 0 fully saturated rings. The molecule has 4 aromatic rings. The topological polar surface area (TPSA) is 64.7 Å². The van der Waals surface area contributed by atoms with Crippen LogP contribution in [-0.2, 0) is 17.7 Å².